The fourth-order valence-corrected chi connectivity index (χ4v) is 6.48. The maximum atomic E-state index is 9.17. The Balaban J connectivity index is 1.58. The monoisotopic (exact) mass is 308 g/mol. The maximum Gasteiger partial charge on any atom is 0.0624 e. The van der Waals surface area contributed by atoms with Gasteiger partial charge < -0.3 is 0 Å². The van der Waals surface area contributed by atoms with Gasteiger partial charge in [-0.3, -0.25) is 4.98 Å². The molecule has 2 heteroatoms. The van der Waals surface area contributed by atoms with Crippen molar-refractivity contribution < 1.29 is 0 Å². The first-order chi connectivity index (χ1) is 10.8. The Labute approximate surface area is 140 Å². The van der Waals surface area contributed by atoms with Crippen LogP contribution in [0.25, 0.3) is 0 Å². The van der Waals surface area contributed by atoms with E-state index in [0.29, 0.717) is 22.2 Å². The van der Waals surface area contributed by atoms with Gasteiger partial charge in [0.05, 0.1) is 6.07 Å². The van der Waals surface area contributed by atoms with E-state index >= 15 is 0 Å². The molecule has 0 N–H and O–H groups in total. The number of nitriles is 1. The van der Waals surface area contributed by atoms with Gasteiger partial charge in [-0.05, 0) is 78.9 Å². The minimum Gasteiger partial charge on any atom is -0.261 e. The van der Waals surface area contributed by atoms with Crippen LogP contribution in [0.3, 0.4) is 0 Å². The lowest BCUT2D eigenvalue weighted by atomic mass is 9.26. The summed E-state index contributed by atoms with van der Waals surface area (Å²) in [6.07, 6.45) is 9.17. The number of rotatable bonds is 3. The van der Waals surface area contributed by atoms with Crippen LogP contribution in [0.4, 0.5) is 0 Å². The molecule has 1 aromatic rings. The zero-order valence-corrected chi connectivity index (χ0v) is 14.9. The molecule has 1 heterocycles. The third-order valence-corrected chi connectivity index (χ3v) is 8.43. The Bertz CT molecular complexity index is 676. The smallest absolute Gasteiger partial charge is 0.0624 e. The molecule has 1 aromatic heterocycles. The van der Waals surface area contributed by atoms with Gasteiger partial charge in [0.2, 0.25) is 0 Å². The van der Waals surface area contributed by atoms with Crippen LogP contribution in [0.5, 0.6) is 0 Å². The first kappa shape index (κ1) is 15.2. The summed E-state index contributed by atoms with van der Waals surface area (Å²) >= 11 is 0. The highest BCUT2D eigenvalue weighted by atomic mass is 14.9. The maximum absolute atomic E-state index is 9.17. The minimum absolute atomic E-state index is 0.273. The molecule has 4 saturated carbocycles. The normalized spacial score (nSPS) is 43.3. The molecule has 0 aromatic carbocycles. The van der Waals surface area contributed by atoms with Gasteiger partial charge in [0.15, 0.2) is 0 Å². The van der Waals surface area contributed by atoms with Crippen molar-refractivity contribution in [3.05, 3.63) is 29.6 Å². The average Bonchev–Trinajstić information content (AvgIpc) is 2.61. The topological polar surface area (TPSA) is 36.7 Å². The second-order valence-corrected chi connectivity index (χ2v) is 9.46. The summed E-state index contributed by atoms with van der Waals surface area (Å²) < 4.78 is 0. The summed E-state index contributed by atoms with van der Waals surface area (Å²) in [5.74, 6) is 0.569. The molecule has 0 aliphatic heterocycles. The van der Waals surface area contributed by atoms with E-state index in [2.05, 4.69) is 50.9 Å². The lowest BCUT2D eigenvalue weighted by Crippen LogP contribution is -2.72. The molecular formula is C21H28N2. The highest BCUT2D eigenvalue weighted by molar-refractivity contribution is 5.39. The van der Waals surface area contributed by atoms with Crippen LogP contribution in [-0.4, -0.2) is 4.98 Å². The number of aromatic nitrogens is 1. The average molecular weight is 308 g/mol. The summed E-state index contributed by atoms with van der Waals surface area (Å²) in [5, 5.41) is 9.17. The third kappa shape index (κ3) is 1.66. The summed E-state index contributed by atoms with van der Waals surface area (Å²) in [7, 11) is 0. The Morgan fingerprint density at radius 2 is 1.96 bits per heavy atom. The fraction of sp³-hybridized carbons (Fsp3) is 0.714. The van der Waals surface area contributed by atoms with Crippen molar-refractivity contribution in [2.75, 3.05) is 0 Å². The van der Waals surface area contributed by atoms with Crippen molar-refractivity contribution in [2.45, 2.75) is 71.6 Å². The van der Waals surface area contributed by atoms with E-state index in [-0.39, 0.29) is 5.41 Å². The lowest BCUT2D eigenvalue weighted by molar-refractivity contribution is -0.251. The second-order valence-electron chi connectivity index (χ2n) is 9.46. The van der Waals surface area contributed by atoms with Gasteiger partial charge in [-0.15, -0.1) is 0 Å². The van der Waals surface area contributed by atoms with Crippen molar-refractivity contribution in [2.24, 2.45) is 22.2 Å². The van der Waals surface area contributed by atoms with Crippen LogP contribution in [0.1, 0.15) is 70.6 Å². The van der Waals surface area contributed by atoms with Crippen molar-refractivity contribution in [3.8, 4) is 6.07 Å². The molecule has 122 valence electrons. The molecule has 2 nitrogen and oxygen atoms in total. The fourth-order valence-electron chi connectivity index (χ4n) is 6.48. The third-order valence-electron chi connectivity index (χ3n) is 8.43. The zero-order chi connectivity index (χ0) is 16.5. The molecule has 2 atom stereocenters. The molecule has 4 fully saturated rings. The zero-order valence-electron chi connectivity index (χ0n) is 14.9. The van der Waals surface area contributed by atoms with Gasteiger partial charge in [0.1, 0.15) is 0 Å². The SMILES string of the molecule is Cc1ccnc(C23CC(C4(C)CCC(CC#N)C4(C)C)(C2)C3)c1. The molecule has 0 radical (unpaired) electrons. The number of hydrogen-bond donors (Lipinski definition) is 0. The Morgan fingerprint density at radius 3 is 2.57 bits per heavy atom. The van der Waals surface area contributed by atoms with Crippen molar-refractivity contribution in [1.82, 2.24) is 4.98 Å². The Morgan fingerprint density at radius 1 is 1.26 bits per heavy atom. The van der Waals surface area contributed by atoms with Gasteiger partial charge in [0, 0.05) is 23.7 Å². The van der Waals surface area contributed by atoms with Crippen LogP contribution in [0.15, 0.2) is 18.3 Å². The summed E-state index contributed by atoms with van der Waals surface area (Å²) in [6, 6.07) is 6.82. The predicted octanol–water partition coefficient (Wildman–Crippen LogP) is 5.17. The summed E-state index contributed by atoms with van der Waals surface area (Å²) in [4.78, 5) is 4.69. The first-order valence-electron chi connectivity index (χ1n) is 9.09. The number of nitrogens with zero attached hydrogens (tertiary/aromatic N) is 2. The molecule has 0 amide bonds. The van der Waals surface area contributed by atoms with E-state index in [9.17, 15) is 5.26 Å². The predicted molar refractivity (Wildman–Crippen MR) is 91.8 cm³/mol. The minimum atomic E-state index is 0.273. The van der Waals surface area contributed by atoms with Crippen LogP contribution in [0, 0.1) is 40.4 Å². The van der Waals surface area contributed by atoms with Crippen LogP contribution in [-0.2, 0) is 5.41 Å². The summed E-state index contributed by atoms with van der Waals surface area (Å²) in [6.45, 7) is 9.55. The molecule has 0 spiro atoms. The largest absolute Gasteiger partial charge is 0.261 e. The van der Waals surface area contributed by atoms with Crippen molar-refractivity contribution >= 4 is 0 Å². The molecule has 5 rings (SSSR count). The standard InChI is InChI=1S/C21H28N2/c1-15-7-10-23-17(11-15)20-12-21(13-20,14-20)19(4)8-5-16(6-9-22)18(19,2)3/h7,10-11,16H,5-6,8,12-14H2,1-4H3. The van der Waals surface area contributed by atoms with Crippen LogP contribution in [0.2, 0.25) is 0 Å². The van der Waals surface area contributed by atoms with E-state index in [4.69, 9.17) is 0 Å². The lowest BCUT2D eigenvalue weighted by Gasteiger charge is -2.78. The molecule has 4 aliphatic carbocycles. The molecule has 2 bridgehead atoms. The van der Waals surface area contributed by atoms with E-state index in [1.807, 2.05) is 6.20 Å². The van der Waals surface area contributed by atoms with E-state index < -0.39 is 0 Å². The Hall–Kier alpha value is -1.36. The molecule has 2 unspecified atom stereocenters. The quantitative estimate of drug-likeness (QED) is 0.772. The van der Waals surface area contributed by atoms with Crippen LogP contribution >= 0.6 is 0 Å². The van der Waals surface area contributed by atoms with Gasteiger partial charge in [-0.25, -0.2) is 0 Å². The van der Waals surface area contributed by atoms with Crippen molar-refractivity contribution in [1.29, 1.82) is 5.26 Å². The van der Waals surface area contributed by atoms with E-state index in [1.54, 1.807) is 0 Å². The molecule has 0 saturated heterocycles. The highest BCUT2D eigenvalue weighted by Crippen LogP contribution is 2.84. The van der Waals surface area contributed by atoms with Gasteiger partial charge in [-0.2, -0.15) is 5.26 Å². The second kappa shape index (κ2) is 4.38. The van der Waals surface area contributed by atoms with Gasteiger partial charge in [0.25, 0.3) is 0 Å². The number of hydrogen-bond acceptors (Lipinski definition) is 2. The van der Waals surface area contributed by atoms with Crippen molar-refractivity contribution in [3.63, 3.8) is 0 Å². The first-order valence-corrected chi connectivity index (χ1v) is 9.09. The van der Waals surface area contributed by atoms with E-state index in [0.717, 1.165) is 6.42 Å². The van der Waals surface area contributed by atoms with E-state index in [1.165, 1.54) is 43.4 Å². The number of aryl methyl sites for hydroxylation is 1. The Kier molecular flexibility index (Phi) is 2.89. The summed E-state index contributed by atoms with van der Waals surface area (Å²) in [5.41, 5.74) is 4.19. The molecule has 23 heavy (non-hydrogen) atoms. The number of pyridine rings is 1. The molecule has 4 aliphatic rings. The van der Waals surface area contributed by atoms with Gasteiger partial charge in [-0.1, -0.05) is 20.8 Å². The van der Waals surface area contributed by atoms with Crippen LogP contribution < -0.4 is 0 Å². The molecular weight excluding hydrogens is 280 g/mol. The van der Waals surface area contributed by atoms with Gasteiger partial charge >= 0.3 is 0 Å². The highest BCUT2D eigenvalue weighted by Gasteiger charge is 2.77.